The van der Waals surface area contributed by atoms with Gasteiger partial charge >= 0.3 is 6.18 Å². The van der Waals surface area contributed by atoms with Gasteiger partial charge in [0.1, 0.15) is 0 Å². The Kier molecular flexibility index (Phi) is 7.37. The summed E-state index contributed by atoms with van der Waals surface area (Å²) in [6, 6.07) is 9.48. The van der Waals surface area contributed by atoms with Crippen LogP contribution in [-0.2, 0) is 21.0 Å². The van der Waals surface area contributed by atoms with Crippen LogP contribution in [0, 0.1) is 0 Å². The first-order valence-corrected chi connectivity index (χ1v) is 11.3. The fourth-order valence-electron chi connectivity index (χ4n) is 3.28. The molecule has 0 saturated carbocycles. The summed E-state index contributed by atoms with van der Waals surface area (Å²) in [7, 11) is -3.94. The Bertz CT molecular complexity index is 1100. The number of benzene rings is 2. The molecule has 0 spiro atoms. The lowest BCUT2D eigenvalue weighted by atomic mass is 10.2. The number of carbonyl (C=O) groups is 2. The van der Waals surface area contributed by atoms with Gasteiger partial charge in [-0.05, 0) is 48.5 Å². The Morgan fingerprint density at radius 2 is 1.52 bits per heavy atom. The summed E-state index contributed by atoms with van der Waals surface area (Å²) in [5, 5.41) is 2.69. The van der Waals surface area contributed by atoms with Crippen molar-refractivity contribution < 1.29 is 31.2 Å². The second-order valence-electron chi connectivity index (χ2n) is 7.30. The summed E-state index contributed by atoms with van der Waals surface area (Å²) in [6.45, 7) is 0.782. The summed E-state index contributed by atoms with van der Waals surface area (Å²) < 4.78 is 64.7. The largest absolute Gasteiger partial charge is 0.416 e. The van der Waals surface area contributed by atoms with Gasteiger partial charge in [-0.2, -0.15) is 17.5 Å². The molecule has 2 aromatic rings. The molecule has 0 bridgehead atoms. The topological polar surface area (TPSA) is 125 Å². The molecule has 13 heteroatoms. The van der Waals surface area contributed by atoms with Gasteiger partial charge in [0.05, 0.1) is 17.0 Å². The standard InChI is InChI=1S/C20H22F3N5O4S/c21-20(22,23)15-3-7-17(8-4-15)33(31,32)28-11-9-27(10-12-28)13-18(29)25-16-5-1-14(2-6-16)19(30)26-24/h1-8H,9-13,24H2,(H,25,29)(H,26,30). The molecule has 1 fully saturated rings. The van der Waals surface area contributed by atoms with Crippen molar-refractivity contribution in [1.29, 1.82) is 0 Å². The van der Waals surface area contributed by atoms with Crippen molar-refractivity contribution in [1.82, 2.24) is 14.6 Å². The number of piperazine rings is 1. The minimum Gasteiger partial charge on any atom is -0.325 e. The van der Waals surface area contributed by atoms with Gasteiger partial charge in [0.25, 0.3) is 5.91 Å². The molecule has 1 saturated heterocycles. The Hall–Kier alpha value is -3.00. The van der Waals surface area contributed by atoms with Crippen molar-refractivity contribution in [2.45, 2.75) is 11.1 Å². The van der Waals surface area contributed by atoms with Crippen molar-refractivity contribution in [3.05, 3.63) is 59.7 Å². The number of nitrogens with one attached hydrogen (secondary N) is 2. The number of alkyl halides is 3. The number of amides is 2. The molecule has 0 unspecified atom stereocenters. The highest BCUT2D eigenvalue weighted by Crippen LogP contribution is 2.30. The highest BCUT2D eigenvalue weighted by atomic mass is 32.2. The number of anilines is 1. The molecule has 9 nitrogen and oxygen atoms in total. The summed E-state index contributed by atoms with van der Waals surface area (Å²) in [6.07, 6.45) is -4.55. The summed E-state index contributed by atoms with van der Waals surface area (Å²) in [5.41, 5.74) is 1.90. The zero-order chi connectivity index (χ0) is 24.2. The van der Waals surface area contributed by atoms with Crippen LogP contribution in [0.2, 0.25) is 0 Å². The second kappa shape index (κ2) is 9.87. The molecule has 0 atom stereocenters. The molecule has 2 amide bonds. The molecule has 2 aromatic carbocycles. The van der Waals surface area contributed by atoms with Crippen molar-refractivity contribution in [2.24, 2.45) is 5.84 Å². The lowest BCUT2D eigenvalue weighted by Gasteiger charge is -2.33. The quantitative estimate of drug-likeness (QED) is 0.321. The van der Waals surface area contributed by atoms with Crippen molar-refractivity contribution in [3.63, 3.8) is 0 Å². The number of nitrogens with two attached hydrogens (primary N) is 1. The van der Waals surface area contributed by atoms with Crippen LogP contribution in [0.15, 0.2) is 53.4 Å². The third kappa shape index (κ3) is 6.07. The maximum absolute atomic E-state index is 12.7. The third-order valence-corrected chi connectivity index (χ3v) is 6.99. The molecule has 0 radical (unpaired) electrons. The normalized spacial score (nSPS) is 15.8. The highest BCUT2D eigenvalue weighted by molar-refractivity contribution is 7.89. The van der Waals surface area contributed by atoms with E-state index in [1.54, 1.807) is 17.0 Å². The highest BCUT2D eigenvalue weighted by Gasteiger charge is 2.32. The number of halogens is 3. The van der Waals surface area contributed by atoms with Crippen LogP contribution in [-0.4, -0.2) is 62.2 Å². The first-order chi connectivity index (χ1) is 15.5. The van der Waals surface area contributed by atoms with E-state index >= 15 is 0 Å². The second-order valence-corrected chi connectivity index (χ2v) is 9.24. The van der Waals surface area contributed by atoms with Crippen LogP contribution >= 0.6 is 0 Å². The molecule has 1 aliphatic heterocycles. The lowest BCUT2D eigenvalue weighted by molar-refractivity contribution is -0.137. The molecule has 4 N–H and O–H groups in total. The molecule has 1 heterocycles. The van der Waals surface area contributed by atoms with E-state index in [2.05, 4.69) is 5.32 Å². The number of sulfonamides is 1. The monoisotopic (exact) mass is 485 g/mol. The molecular formula is C20H22F3N5O4S. The van der Waals surface area contributed by atoms with Gasteiger partial charge in [-0.3, -0.25) is 19.9 Å². The lowest BCUT2D eigenvalue weighted by Crippen LogP contribution is -2.50. The molecule has 33 heavy (non-hydrogen) atoms. The summed E-state index contributed by atoms with van der Waals surface area (Å²) in [4.78, 5) is 25.3. The van der Waals surface area contributed by atoms with E-state index in [0.717, 1.165) is 24.3 Å². The van der Waals surface area contributed by atoms with E-state index in [1.165, 1.54) is 16.4 Å². The molecule has 0 aromatic heterocycles. The zero-order valence-corrected chi connectivity index (χ0v) is 18.1. The first-order valence-electron chi connectivity index (χ1n) is 9.81. The maximum Gasteiger partial charge on any atom is 0.416 e. The smallest absolute Gasteiger partial charge is 0.325 e. The van der Waals surface area contributed by atoms with Gasteiger partial charge in [0.15, 0.2) is 0 Å². The van der Waals surface area contributed by atoms with E-state index in [4.69, 9.17) is 5.84 Å². The number of carbonyl (C=O) groups excluding carboxylic acids is 2. The van der Waals surface area contributed by atoms with Gasteiger partial charge in [0.2, 0.25) is 15.9 Å². The van der Waals surface area contributed by atoms with E-state index in [1.807, 2.05) is 5.43 Å². The predicted octanol–water partition coefficient (Wildman–Crippen LogP) is 1.25. The molecular weight excluding hydrogens is 463 g/mol. The Balaban J connectivity index is 1.52. The van der Waals surface area contributed by atoms with E-state index < -0.39 is 27.7 Å². The average Bonchev–Trinajstić information content (AvgIpc) is 2.79. The van der Waals surface area contributed by atoms with Gasteiger partial charge < -0.3 is 5.32 Å². The Labute approximate surface area is 188 Å². The first kappa shape index (κ1) is 24.6. The van der Waals surface area contributed by atoms with Crippen LogP contribution in [0.5, 0.6) is 0 Å². The third-order valence-electron chi connectivity index (χ3n) is 5.08. The number of rotatable bonds is 6. The number of hydrogen-bond donors (Lipinski definition) is 3. The number of nitrogens with zero attached hydrogens (tertiary/aromatic N) is 2. The number of hydrazine groups is 1. The fourth-order valence-corrected chi connectivity index (χ4v) is 4.71. The number of nitrogen functional groups attached to an aromatic ring is 1. The van der Waals surface area contributed by atoms with Gasteiger partial charge in [-0.25, -0.2) is 14.3 Å². The molecule has 1 aliphatic rings. The SMILES string of the molecule is NNC(=O)c1ccc(NC(=O)CN2CCN(S(=O)(=O)c3ccc(C(F)(F)F)cc3)CC2)cc1. The average molecular weight is 485 g/mol. The van der Waals surface area contributed by atoms with E-state index in [9.17, 15) is 31.2 Å². The minimum absolute atomic E-state index is 0.0270. The fraction of sp³-hybridized carbons (Fsp3) is 0.300. The number of hydrogen-bond acceptors (Lipinski definition) is 6. The minimum atomic E-state index is -4.55. The van der Waals surface area contributed by atoms with Gasteiger partial charge in [0, 0.05) is 37.4 Å². The molecule has 0 aliphatic carbocycles. The maximum atomic E-state index is 12.7. The van der Waals surface area contributed by atoms with E-state index in [0.29, 0.717) is 11.3 Å². The van der Waals surface area contributed by atoms with Crippen molar-refractivity contribution in [2.75, 3.05) is 38.0 Å². The van der Waals surface area contributed by atoms with E-state index in [-0.39, 0.29) is 43.5 Å². The van der Waals surface area contributed by atoms with Crippen LogP contribution in [0.25, 0.3) is 0 Å². The van der Waals surface area contributed by atoms with Crippen LogP contribution in [0.1, 0.15) is 15.9 Å². The van der Waals surface area contributed by atoms with Crippen molar-refractivity contribution >= 4 is 27.5 Å². The van der Waals surface area contributed by atoms with Crippen LogP contribution < -0.4 is 16.6 Å². The van der Waals surface area contributed by atoms with Crippen LogP contribution in [0.3, 0.4) is 0 Å². The zero-order valence-electron chi connectivity index (χ0n) is 17.3. The summed E-state index contributed by atoms with van der Waals surface area (Å²) in [5.74, 6) is 4.29. The summed E-state index contributed by atoms with van der Waals surface area (Å²) >= 11 is 0. The predicted molar refractivity (Wildman–Crippen MR) is 113 cm³/mol. The van der Waals surface area contributed by atoms with Crippen molar-refractivity contribution in [3.8, 4) is 0 Å². The Morgan fingerprint density at radius 1 is 0.939 bits per heavy atom. The molecule has 178 valence electrons. The van der Waals surface area contributed by atoms with Crippen LogP contribution in [0.4, 0.5) is 18.9 Å². The van der Waals surface area contributed by atoms with Gasteiger partial charge in [-0.15, -0.1) is 0 Å². The Morgan fingerprint density at radius 3 is 2.03 bits per heavy atom. The van der Waals surface area contributed by atoms with Gasteiger partial charge in [-0.1, -0.05) is 0 Å². The molecule has 3 rings (SSSR count).